The molecule has 0 saturated heterocycles. The van der Waals surface area contributed by atoms with E-state index in [9.17, 15) is 13.5 Å². The summed E-state index contributed by atoms with van der Waals surface area (Å²) in [5.74, 6) is 0. The standard InChI is InChI=1S/C15H23NO4S/c1-11-8-12(2)15(9-13(11)10-17)21(18,19)16(6-7-20-3)14-4-5-14/h8-9,14,17H,4-7,10H2,1-3H3. The van der Waals surface area contributed by atoms with Crippen molar-refractivity contribution in [3.05, 3.63) is 28.8 Å². The van der Waals surface area contributed by atoms with E-state index in [1.165, 1.54) is 4.31 Å². The van der Waals surface area contributed by atoms with Crippen LogP contribution in [0.1, 0.15) is 29.5 Å². The number of benzene rings is 1. The molecular weight excluding hydrogens is 290 g/mol. The molecular formula is C15H23NO4S. The maximum absolute atomic E-state index is 12.9. The van der Waals surface area contributed by atoms with Gasteiger partial charge in [0.2, 0.25) is 10.0 Å². The van der Waals surface area contributed by atoms with Gasteiger partial charge in [-0.15, -0.1) is 0 Å². The Hall–Kier alpha value is -0.950. The number of hydrogen-bond acceptors (Lipinski definition) is 4. The van der Waals surface area contributed by atoms with Gasteiger partial charge in [-0.05, 0) is 49.4 Å². The summed E-state index contributed by atoms with van der Waals surface area (Å²) in [6.07, 6.45) is 1.81. The molecule has 1 aromatic carbocycles. The summed E-state index contributed by atoms with van der Waals surface area (Å²) in [5.41, 5.74) is 2.28. The van der Waals surface area contributed by atoms with Crippen molar-refractivity contribution in [2.75, 3.05) is 20.3 Å². The van der Waals surface area contributed by atoms with Crippen LogP contribution >= 0.6 is 0 Å². The number of aliphatic hydroxyl groups excluding tert-OH is 1. The summed E-state index contributed by atoms with van der Waals surface area (Å²) in [6.45, 7) is 4.26. The molecule has 2 rings (SSSR count). The zero-order valence-electron chi connectivity index (χ0n) is 12.8. The zero-order valence-corrected chi connectivity index (χ0v) is 13.6. The molecule has 0 spiro atoms. The smallest absolute Gasteiger partial charge is 0.243 e. The van der Waals surface area contributed by atoms with E-state index in [4.69, 9.17) is 4.74 Å². The van der Waals surface area contributed by atoms with Gasteiger partial charge in [-0.25, -0.2) is 8.42 Å². The number of rotatable bonds is 7. The molecule has 1 aliphatic rings. The Labute approximate surface area is 126 Å². The molecule has 0 aliphatic heterocycles. The molecule has 0 aromatic heterocycles. The van der Waals surface area contributed by atoms with Crippen LogP contribution in [0.4, 0.5) is 0 Å². The molecule has 6 heteroatoms. The average molecular weight is 313 g/mol. The lowest BCUT2D eigenvalue weighted by atomic mass is 10.1. The van der Waals surface area contributed by atoms with Gasteiger partial charge in [0.15, 0.2) is 0 Å². The summed E-state index contributed by atoms with van der Waals surface area (Å²) in [7, 11) is -1.98. The number of methoxy groups -OCH3 is 1. The van der Waals surface area contributed by atoms with Crippen LogP contribution in [0.2, 0.25) is 0 Å². The molecule has 1 N–H and O–H groups in total. The zero-order chi connectivity index (χ0) is 15.6. The highest BCUT2D eigenvalue weighted by Gasteiger charge is 2.38. The molecule has 0 radical (unpaired) electrons. The van der Waals surface area contributed by atoms with Crippen LogP contribution in [-0.4, -0.2) is 44.1 Å². The Morgan fingerprint density at radius 3 is 2.48 bits per heavy atom. The minimum Gasteiger partial charge on any atom is -0.392 e. The molecule has 0 atom stereocenters. The molecule has 0 bridgehead atoms. The van der Waals surface area contributed by atoms with Gasteiger partial charge in [0, 0.05) is 19.7 Å². The number of hydrogen-bond donors (Lipinski definition) is 1. The molecule has 0 heterocycles. The Balaban J connectivity index is 2.41. The van der Waals surface area contributed by atoms with Crippen molar-refractivity contribution in [3.63, 3.8) is 0 Å². The molecule has 0 unspecified atom stereocenters. The predicted molar refractivity (Wildman–Crippen MR) is 80.6 cm³/mol. The number of aryl methyl sites for hydroxylation is 2. The van der Waals surface area contributed by atoms with E-state index in [2.05, 4.69) is 0 Å². The number of nitrogens with zero attached hydrogens (tertiary/aromatic N) is 1. The van der Waals surface area contributed by atoms with Gasteiger partial charge in [-0.3, -0.25) is 0 Å². The largest absolute Gasteiger partial charge is 0.392 e. The Kier molecular flexibility index (Phi) is 5.03. The maximum atomic E-state index is 12.9. The van der Waals surface area contributed by atoms with Gasteiger partial charge in [0.1, 0.15) is 0 Å². The lowest BCUT2D eigenvalue weighted by Gasteiger charge is -2.23. The van der Waals surface area contributed by atoms with Gasteiger partial charge in [-0.1, -0.05) is 6.07 Å². The first kappa shape index (κ1) is 16.4. The minimum absolute atomic E-state index is 0.0865. The molecule has 1 saturated carbocycles. The summed E-state index contributed by atoms with van der Waals surface area (Å²) in [5, 5.41) is 9.37. The van der Waals surface area contributed by atoms with Gasteiger partial charge in [-0.2, -0.15) is 4.31 Å². The van der Waals surface area contributed by atoms with E-state index in [-0.39, 0.29) is 12.6 Å². The monoisotopic (exact) mass is 313 g/mol. The Bertz CT molecular complexity index is 608. The van der Waals surface area contributed by atoms with Crippen molar-refractivity contribution in [1.29, 1.82) is 0 Å². The van der Waals surface area contributed by atoms with Gasteiger partial charge in [0.05, 0.1) is 18.1 Å². The number of aliphatic hydroxyl groups is 1. The third-order valence-corrected chi connectivity index (χ3v) is 5.95. The maximum Gasteiger partial charge on any atom is 0.243 e. The second kappa shape index (κ2) is 6.44. The molecule has 1 aromatic rings. The van der Waals surface area contributed by atoms with Crippen LogP contribution in [0.15, 0.2) is 17.0 Å². The van der Waals surface area contributed by atoms with Crippen LogP contribution in [0.5, 0.6) is 0 Å². The van der Waals surface area contributed by atoms with Crippen LogP contribution < -0.4 is 0 Å². The molecule has 1 aliphatic carbocycles. The number of ether oxygens (including phenoxy) is 1. The van der Waals surface area contributed by atoms with E-state index >= 15 is 0 Å². The van der Waals surface area contributed by atoms with E-state index in [1.54, 1.807) is 20.1 Å². The molecule has 1 fully saturated rings. The van der Waals surface area contributed by atoms with E-state index in [0.29, 0.717) is 29.2 Å². The molecule has 5 nitrogen and oxygen atoms in total. The predicted octanol–water partition coefficient (Wildman–Crippen LogP) is 1.60. The highest BCUT2D eigenvalue weighted by atomic mass is 32.2. The highest BCUT2D eigenvalue weighted by molar-refractivity contribution is 7.89. The van der Waals surface area contributed by atoms with E-state index < -0.39 is 10.0 Å². The van der Waals surface area contributed by atoms with Crippen molar-refractivity contribution in [2.24, 2.45) is 0 Å². The van der Waals surface area contributed by atoms with Crippen LogP contribution in [0.25, 0.3) is 0 Å². The second-order valence-corrected chi connectivity index (χ2v) is 7.40. The molecule has 21 heavy (non-hydrogen) atoms. The quantitative estimate of drug-likeness (QED) is 0.830. The second-order valence-electron chi connectivity index (χ2n) is 5.54. The van der Waals surface area contributed by atoms with Crippen molar-refractivity contribution in [1.82, 2.24) is 4.31 Å². The fourth-order valence-electron chi connectivity index (χ4n) is 2.49. The van der Waals surface area contributed by atoms with Gasteiger partial charge < -0.3 is 9.84 Å². The fourth-order valence-corrected chi connectivity index (χ4v) is 4.42. The highest BCUT2D eigenvalue weighted by Crippen LogP contribution is 2.33. The summed E-state index contributed by atoms with van der Waals surface area (Å²) in [6, 6.07) is 3.51. The first-order valence-corrected chi connectivity index (χ1v) is 8.57. The SMILES string of the molecule is COCCN(C1CC1)S(=O)(=O)c1cc(CO)c(C)cc1C. The Morgan fingerprint density at radius 1 is 1.29 bits per heavy atom. The van der Waals surface area contributed by atoms with Crippen molar-refractivity contribution in [3.8, 4) is 0 Å². The van der Waals surface area contributed by atoms with E-state index in [1.807, 2.05) is 13.0 Å². The number of sulfonamides is 1. The first-order chi connectivity index (χ1) is 9.91. The van der Waals surface area contributed by atoms with Crippen molar-refractivity contribution >= 4 is 10.0 Å². The van der Waals surface area contributed by atoms with Crippen molar-refractivity contribution in [2.45, 2.75) is 44.2 Å². The third-order valence-electron chi connectivity index (χ3n) is 3.86. The summed E-state index contributed by atoms with van der Waals surface area (Å²) >= 11 is 0. The van der Waals surface area contributed by atoms with Crippen LogP contribution in [-0.2, 0) is 21.4 Å². The lowest BCUT2D eigenvalue weighted by Crippen LogP contribution is -2.36. The van der Waals surface area contributed by atoms with E-state index in [0.717, 1.165) is 18.4 Å². The fraction of sp³-hybridized carbons (Fsp3) is 0.600. The molecule has 118 valence electrons. The van der Waals surface area contributed by atoms with Crippen LogP contribution in [0.3, 0.4) is 0 Å². The molecule has 0 amide bonds. The first-order valence-electron chi connectivity index (χ1n) is 7.13. The normalized spacial score (nSPS) is 15.7. The van der Waals surface area contributed by atoms with Gasteiger partial charge >= 0.3 is 0 Å². The van der Waals surface area contributed by atoms with Crippen LogP contribution in [0, 0.1) is 13.8 Å². The third kappa shape index (κ3) is 3.45. The summed E-state index contributed by atoms with van der Waals surface area (Å²) < 4.78 is 32.4. The topological polar surface area (TPSA) is 66.8 Å². The minimum atomic E-state index is -3.55. The van der Waals surface area contributed by atoms with Gasteiger partial charge in [0.25, 0.3) is 0 Å². The average Bonchev–Trinajstić information content (AvgIpc) is 3.23. The Morgan fingerprint density at radius 2 is 1.95 bits per heavy atom. The summed E-state index contributed by atoms with van der Waals surface area (Å²) in [4.78, 5) is 0.292. The lowest BCUT2D eigenvalue weighted by molar-refractivity contribution is 0.177. The van der Waals surface area contributed by atoms with Crippen molar-refractivity contribution < 1.29 is 18.3 Å².